The second-order valence-corrected chi connectivity index (χ2v) is 4.92. The molecule has 2 rings (SSSR count). The Hall–Kier alpha value is -0.710. The van der Waals surface area contributed by atoms with Gasteiger partial charge in [0.1, 0.15) is 11.0 Å². The van der Waals surface area contributed by atoms with Crippen LogP contribution in [-0.2, 0) is 0 Å². The summed E-state index contributed by atoms with van der Waals surface area (Å²) in [5.74, 6) is -0.143. The molecular formula is C11H6BrCl2FN2. The number of hydrogen-bond donors (Lipinski definition) is 0. The lowest BCUT2D eigenvalue weighted by Crippen LogP contribution is -1.95. The Bertz CT molecular complexity index is 567. The smallest absolute Gasteiger partial charge is 0.161 e. The molecule has 0 saturated heterocycles. The van der Waals surface area contributed by atoms with Gasteiger partial charge in [0, 0.05) is 5.56 Å². The fraction of sp³-hybridized carbons (Fsp3) is 0.0909. The summed E-state index contributed by atoms with van der Waals surface area (Å²) < 4.78 is 14.0. The fourth-order valence-electron chi connectivity index (χ4n) is 1.29. The van der Waals surface area contributed by atoms with Crippen molar-refractivity contribution in [3.63, 3.8) is 0 Å². The third kappa shape index (κ3) is 2.59. The lowest BCUT2D eigenvalue weighted by atomic mass is 10.2. The molecule has 1 heterocycles. The van der Waals surface area contributed by atoms with Crippen LogP contribution in [0.5, 0.6) is 0 Å². The number of rotatable bonds is 1. The molecule has 0 aliphatic carbocycles. The van der Waals surface area contributed by atoms with E-state index in [-0.39, 0.29) is 5.02 Å². The van der Waals surface area contributed by atoms with Crippen LogP contribution in [0.4, 0.5) is 4.39 Å². The van der Waals surface area contributed by atoms with Crippen LogP contribution in [0.2, 0.25) is 10.2 Å². The van der Waals surface area contributed by atoms with Crippen molar-refractivity contribution in [2.75, 3.05) is 0 Å². The normalized spacial score (nSPS) is 10.6. The van der Waals surface area contributed by atoms with Gasteiger partial charge in [0.25, 0.3) is 0 Å². The first-order valence-electron chi connectivity index (χ1n) is 4.64. The molecule has 0 spiro atoms. The number of nitrogens with zero attached hydrogens (tertiary/aromatic N) is 2. The highest BCUT2D eigenvalue weighted by atomic mass is 79.9. The van der Waals surface area contributed by atoms with Crippen molar-refractivity contribution < 1.29 is 4.39 Å². The summed E-state index contributed by atoms with van der Waals surface area (Å²) in [5.41, 5.74) is 1.22. The third-order valence-electron chi connectivity index (χ3n) is 2.15. The molecule has 0 atom stereocenters. The number of hydrogen-bond acceptors (Lipinski definition) is 2. The van der Waals surface area contributed by atoms with Crippen LogP contribution in [0.15, 0.2) is 22.7 Å². The lowest BCUT2D eigenvalue weighted by Gasteiger charge is -2.05. The van der Waals surface area contributed by atoms with Gasteiger partial charge in [0.15, 0.2) is 5.82 Å². The summed E-state index contributed by atoms with van der Waals surface area (Å²) >= 11 is 14.8. The van der Waals surface area contributed by atoms with Crippen molar-refractivity contribution in [3.05, 3.63) is 44.4 Å². The first-order chi connectivity index (χ1) is 7.99. The lowest BCUT2D eigenvalue weighted by molar-refractivity contribution is 0.628. The van der Waals surface area contributed by atoms with Crippen LogP contribution in [0.1, 0.15) is 5.69 Å². The maximum absolute atomic E-state index is 13.3. The molecule has 0 unspecified atom stereocenters. The Balaban J connectivity index is 2.57. The summed E-state index contributed by atoms with van der Waals surface area (Å²) in [7, 11) is 0. The van der Waals surface area contributed by atoms with Gasteiger partial charge in [0.05, 0.1) is 15.2 Å². The highest BCUT2D eigenvalue weighted by Crippen LogP contribution is 2.27. The van der Waals surface area contributed by atoms with Crippen LogP contribution in [0.25, 0.3) is 11.4 Å². The molecular weight excluding hydrogens is 330 g/mol. The van der Waals surface area contributed by atoms with E-state index in [1.54, 1.807) is 13.0 Å². The van der Waals surface area contributed by atoms with Gasteiger partial charge in [-0.25, -0.2) is 14.4 Å². The van der Waals surface area contributed by atoms with Crippen LogP contribution in [0.3, 0.4) is 0 Å². The highest BCUT2D eigenvalue weighted by Gasteiger charge is 2.10. The summed E-state index contributed by atoms with van der Waals surface area (Å²) in [5, 5.41) is 0.358. The van der Waals surface area contributed by atoms with E-state index < -0.39 is 5.82 Å². The molecule has 17 heavy (non-hydrogen) atoms. The number of aromatic nitrogens is 2. The van der Waals surface area contributed by atoms with E-state index in [0.29, 0.717) is 26.7 Å². The molecule has 1 aromatic carbocycles. The fourth-order valence-corrected chi connectivity index (χ4v) is 1.80. The molecule has 0 aliphatic rings. The van der Waals surface area contributed by atoms with Gasteiger partial charge in [0.2, 0.25) is 0 Å². The Morgan fingerprint density at radius 2 is 1.94 bits per heavy atom. The van der Waals surface area contributed by atoms with Crippen molar-refractivity contribution in [1.29, 1.82) is 0 Å². The average Bonchev–Trinajstić information content (AvgIpc) is 2.29. The zero-order valence-corrected chi connectivity index (χ0v) is 11.7. The molecule has 88 valence electrons. The average molecular weight is 336 g/mol. The SMILES string of the molecule is Cc1nc(-c2ccc(Cl)c(F)c2)nc(Cl)c1Br. The first-order valence-corrected chi connectivity index (χ1v) is 6.19. The maximum Gasteiger partial charge on any atom is 0.161 e. The quantitative estimate of drug-likeness (QED) is 0.708. The number of benzene rings is 1. The van der Waals surface area contributed by atoms with E-state index in [9.17, 15) is 4.39 Å². The van der Waals surface area contributed by atoms with Crippen LogP contribution in [-0.4, -0.2) is 9.97 Å². The van der Waals surface area contributed by atoms with E-state index in [4.69, 9.17) is 23.2 Å². The molecule has 1 aromatic heterocycles. The minimum Gasteiger partial charge on any atom is -0.232 e. The van der Waals surface area contributed by atoms with Gasteiger partial charge in [-0.2, -0.15) is 0 Å². The summed E-state index contributed by atoms with van der Waals surface area (Å²) in [4.78, 5) is 8.29. The standard InChI is InChI=1S/C11H6BrCl2FN2/c1-5-9(12)10(14)17-11(16-5)6-2-3-7(13)8(15)4-6/h2-4H,1H3. The molecule has 6 heteroatoms. The first kappa shape index (κ1) is 12.7. The Labute approximate surface area is 116 Å². The topological polar surface area (TPSA) is 25.8 Å². The summed E-state index contributed by atoms with van der Waals surface area (Å²) in [6.07, 6.45) is 0. The maximum atomic E-state index is 13.3. The van der Waals surface area contributed by atoms with Gasteiger partial charge < -0.3 is 0 Å². The van der Waals surface area contributed by atoms with E-state index >= 15 is 0 Å². The largest absolute Gasteiger partial charge is 0.232 e. The minimum absolute atomic E-state index is 0.0636. The number of aryl methyl sites for hydroxylation is 1. The molecule has 0 radical (unpaired) electrons. The molecule has 0 aliphatic heterocycles. The van der Waals surface area contributed by atoms with Gasteiger partial charge >= 0.3 is 0 Å². The van der Waals surface area contributed by atoms with E-state index in [1.807, 2.05) is 0 Å². The molecule has 0 fully saturated rings. The Morgan fingerprint density at radius 3 is 2.53 bits per heavy atom. The molecule has 0 bridgehead atoms. The zero-order chi connectivity index (χ0) is 12.6. The Kier molecular flexibility index (Phi) is 3.66. The van der Waals surface area contributed by atoms with Gasteiger partial charge in [-0.15, -0.1) is 0 Å². The van der Waals surface area contributed by atoms with Crippen molar-refractivity contribution in [1.82, 2.24) is 9.97 Å². The van der Waals surface area contributed by atoms with Crippen LogP contribution in [0, 0.1) is 12.7 Å². The van der Waals surface area contributed by atoms with Gasteiger partial charge in [-0.05, 0) is 41.1 Å². The molecule has 0 amide bonds. The van der Waals surface area contributed by atoms with Crippen molar-refractivity contribution >= 4 is 39.1 Å². The summed E-state index contributed by atoms with van der Waals surface area (Å²) in [6.45, 7) is 1.79. The second kappa shape index (κ2) is 4.88. The van der Waals surface area contributed by atoms with E-state index in [2.05, 4.69) is 25.9 Å². The monoisotopic (exact) mass is 334 g/mol. The van der Waals surface area contributed by atoms with Crippen LogP contribution < -0.4 is 0 Å². The highest BCUT2D eigenvalue weighted by molar-refractivity contribution is 9.10. The molecule has 2 aromatic rings. The predicted molar refractivity (Wildman–Crippen MR) is 69.9 cm³/mol. The van der Waals surface area contributed by atoms with Crippen molar-refractivity contribution in [3.8, 4) is 11.4 Å². The molecule has 2 nitrogen and oxygen atoms in total. The predicted octanol–water partition coefficient (Wildman–Crippen LogP) is 4.66. The van der Waals surface area contributed by atoms with E-state index in [1.165, 1.54) is 12.1 Å². The molecule has 0 N–H and O–H groups in total. The van der Waals surface area contributed by atoms with Gasteiger partial charge in [-0.3, -0.25) is 0 Å². The van der Waals surface area contributed by atoms with E-state index in [0.717, 1.165) is 0 Å². The van der Waals surface area contributed by atoms with Gasteiger partial charge in [-0.1, -0.05) is 23.2 Å². The van der Waals surface area contributed by atoms with Crippen molar-refractivity contribution in [2.45, 2.75) is 6.92 Å². The second-order valence-electron chi connectivity index (χ2n) is 3.37. The number of halogens is 4. The zero-order valence-electron chi connectivity index (χ0n) is 8.64. The van der Waals surface area contributed by atoms with Crippen molar-refractivity contribution in [2.24, 2.45) is 0 Å². The minimum atomic E-state index is -0.510. The molecule has 0 saturated carbocycles. The van der Waals surface area contributed by atoms with Crippen LogP contribution >= 0.6 is 39.1 Å². The Morgan fingerprint density at radius 1 is 1.24 bits per heavy atom. The third-order valence-corrected chi connectivity index (χ3v) is 3.91. The summed E-state index contributed by atoms with van der Waals surface area (Å²) in [6, 6.07) is 4.38.